The topological polar surface area (TPSA) is 126 Å². The van der Waals surface area contributed by atoms with Gasteiger partial charge in [-0.2, -0.15) is 0 Å². The Bertz CT molecular complexity index is 1670. The SMILES string of the molecule is COc1ccc(C(OC[C@H]2S[C@@H](n3ccc(=O)[nH]c3=O)[C@H](OC(C)=O)[C@@H]2OC(C)=O)(c2ccccc2)c2ccccc2)cc1. The number of H-pyrrole nitrogens is 1. The second kappa shape index (κ2) is 13.4. The lowest BCUT2D eigenvalue weighted by atomic mass is 9.80. The molecule has 0 bridgehead atoms. The predicted molar refractivity (Wildman–Crippen MR) is 165 cm³/mol. The molecule has 1 aliphatic heterocycles. The molecular formula is C33H32N2O8S. The molecule has 1 aliphatic rings. The van der Waals surface area contributed by atoms with Gasteiger partial charge in [-0.05, 0) is 28.8 Å². The number of carbonyl (C=O) groups is 2. The fraction of sp³-hybridized carbons (Fsp3) is 0.273. The van der Waals surface area contributed by atoms with Crippen LogP contribution in [0.1, 0.15) is 35.9 Å². The number of nitrogens with zero attached hydrogens (tertiary/aromatic N) is 1. The molecule has 0 unspecified atom stereocenters. The summed E-state index contributed by atoms with van der Waals surface area (Å²) in [6.07, 6.45) is -0.674. The molecule has 1 saturated heterocycles. The molecule has 0 spiro atoms. The highest BCUT2D eigenvalue weighted by Crippen LogP contribution is 2.47. The van der Waals surface area contributed by atoms with Crippen LogP contribution in [-0.4, -0.2) is 52.7 Å². The zero-order chi connectivity index (χ0) is 31.3. The zero-order valence-electron chi connectivity index (χ0n) is 24.4. The van der Waals surface area contributed by atoms with Crippen molar-refractivity contribution in [2.24, 2.45) is 0 Å². The van der Waals surface area contributed by atoms with Gasteiger partial charge in [0.25, 0.3) is 5.56 Å². The third-order valence-electron chi connectivity index (χ3n) is 7.34. The second-order valence-corrected chi connectivity index (χ2v) is 11.5. The molecule has 228 valence electrons. The lowest BCUT2D eigenvalue weighted by Gasteiger charge is -2.37. The Kier molecular flexibility index (Phi) is 9.36. The number of hydrogen-bond donors (Lipinski definition) is 1. The second-order valence-electron chi connectivity index (χ2n) is 10.2. The van der Waals surface area contributed by atoms with Gasteiger partial charge in [0.1, 0.15) is 16.7 Å². The molecule has 44 heavy (non-hydrogen) atoms. The van der Waals surface area contributed by atoms with E-state index in [4.69, 9.17) is 18.9 Å². The van der Waals surface area contributed by atoms with Crippen LogP contribution in [0, 0.1) is 0 Å². The van der Waals surface area contributed by atoms with Crippen molar-refractivity contribution in [1.29, 1.82) is 0 Å². The van der Waals surface area contributed by atoms with E-state index in [-0.39, 0.29) is 6.61 Å². The van der Waals surface area contributed by atoms with E-state index in [1.165, 1.54) is 42.4 Å². The molecule has 1 fully saturated rings. The maximum Gasteiger partial charge on any atom is 0.329 e. The summed E-state index contributed by atoms with van der Waals surface area (Å²) in [6, 6.07) is 28.3. The molecule has 10 nitrogen and oxygen atoms in total. The minimum absolute atomic E-state index is 0.0187. The van der Waals surface area contributed by atoms with Crippen LogP contribution in [0.3, 0.4) is 0 Å². The number of methoxy groups -OCH3 is 1. The first-order valence-electron chi connectivity index (χ1n) is 13.9. The number of thioether (sulfide) groups is 1. The maximum atomic E-state index is 12.8. The van der Waals surface area contributed by atoms with E-state index in [0.29, 0.717) is 5.75 Å². The molecule has 11 heteroatoms. The van der Waals surface area contributed by atoms with Crippen LogP contribution >= 0.6 is 11.8 Å². The Hall–Kier alpha value is -4.61. The summed E-state index contributed by atoms with van der Waals surface area (Å²) in [5.74, 6) is -0.513. The average Bonchev–Trinajstić information content (AvgIpc) is 3.33. The molecule has 2 heterocycles. The number of benzene rings is 3. The molecule has 5 rings (SSSR count). The summed E-state index contributed by atoms with van der Waals surface area (Å²) in [5, 5.41) is -1.40. The van der Waals surface area contributed by atoms with Crippen molar-refractivity contribution in [3.05, 3.63) is 135 Å². The molecular weight excluding hydrogens is 584 g/mol. The lowest BCUT2D eigenvalue weighted by molar-refractivity contribution is -0.166. The first-order chi connectivity index (χ1) is 21.2. The molecule has 4 atom stereocenters. The Morgan fingerprint density at radius 3 is 1.86 bits per heavy atom. The van der Waals surface area contributed by atoms with Crippen LogP contribution < -0.4 is 16.0 Å². The minimum Gasteiger partial charge on any atom is -0.497 e. The Balaban J connectivity index is 1.61. The largest absolute Gasteiger partial charge is 0.497 e. The van der Waals surface area contributed by atoms with Gasteiger partial charge in [-0.15, -0.1) is 11.8 Å². The summed E-state index contributed by atoms with van der Waals surface area (Å²) in [6.45, 7) is 2.53. The van der Waals surface area contributed by atoms with E-state index in [1.54, 1.807) is 7.11 Å². The highest BCUT2D eigenvalue weighted by Gasteiger charge is 2.51. The maximum absolute atomic E-state index is 12.8. The Morgan fingerprint density at radius 2 is 1.34 bits per heavy atom. The molecule has 0 saturated carbocycles. The zero-order valence-corrected chi connectivity index (χ0v) is 25.2. The van der Waals surface area contributed by atoms with Crippen LogP contribution in [0.2, 0.25) is 0 Å². The van der Waals surface area contributed by atoms with Crippen molar-refractivity contribution in [3.63, 3.8) is 0 Å². The van der Waals surface area contributed by atoms with Crippen molar-refractivity contribution < 1.29 is 28.5 Å². The number of carbonyl (C=O) groups excluding carboxylic acids is 2. The van der Waals surface area contributed by atoms with E-state index in [2.05, 4.69) is 4.98 Å². The van der Waals surface area contributed by atoms with Crippen molar-refractivity contribution in [1.82, 2.24) is 9.55 Å². The van der Waals surface area contributed by atoms with E-state index in [0.717, 1.165) is 16.7 Å². The quantitative estimate of drug-likeness (QED) is 0.208. The fourth-order valence-electron chi connectivity index (χ4n) is 5.47. The monoisotopic (exact) mass is 616 g/mol. The van der Waals surface area contributed by atoms with Gasteiger partial charge in [0.05, 0.1) is 19.0 Å². The first-order valence-corrected chi connectivity index (χ1v) is 14.9. The standard InChI is InChI=1S/C33H32N2O8S/c1-21(36)42-29-27(44-31(30(29)43-22(2)37)35-19-18-28(38)34-32(35)39)20-41-33(23-10-6-4-7-11-23,24-12-8-5-9-13-24)25-14-16-26(40-3)17-15-25/h4-19,27,29-31H,20H2,1-3H3,(H,34,38,39)/t27-,29-,30-,31-/m1/s1. The molecule has 0 amide bonds. The van der Waals surface area contributed by atoms with E-state index >= 15 is 0 Å². The van der Waals surface area contributed by atoms with Crippen LogP contribution in [0.15, 0.2) is 107 Å². The van der Waals surface area contributed by atoms with E-state index < -0.39 is 51.6 Å². The summed E-state index contributed by atoms with van der Waals surface area (Å²) in [7, 11) is 1.60. The van der Waals surface area contributed by atoms with Crippen molar-refractivity contribution in [2.75, 3.05) is 13.7 Å². The van der Waals surface area contributed by atoms with Gasteiger partial charge in [-0.25, -0.2) is 4.79 Å². The average molecular weight is 617 g/mol. The molecule has 1 aromatic heterocycles. The van der Waals surface area contributed by atoms with Gasteiger partial charge in [-0.1, -0.05) is 72.8 Å². The Labute approximate surface area is 257 Å². The van der Waals surface area contributed by atoms with E-state index in [9.17, 15) is 19.2 Å². The minimum atomic E-state index is -1.11. The smallest absolute Gasteiger partial charge is 0.329 e. The summed E-state index contributed by atoms with van der Waals surface area (Å²) in [5.41, 5.74) is 0.176. The van der Waals surface area contributed by atoms with Gasteiger partial charge in [0, 0.05) is 26.1 Å². The molecule has 4 aromatic rings. The third kappa shape index (κ3) is 6.34. The number of esters is 2. The number of nitrogens with one attached hydrogen (secondary N) is 1. The van der Waals surface area contributed by atoms with Crippen LogP contribution in [0.4, 0.5) is 0 Å². The highest BCUT2D eigenvalue weighted by atomic mass is 32.2. The number of rotatable bonds is 10. The van der Waals surface area contributed by atoms with Gasteiger partial charge in [0.15, 0.2) is 12.2 Å². The molecule has 0 radical (unpaired) electrons. The van der Waals surface area contributed by atoms with E-state index in [1.807, 2.05) is 84.9 Å². The van der Waals surface area contributed by atoms with Crippen molar-refractivity contribution in [2.45, 2.75) is 42.3 Å². The van der Waals surface area contributed by atoms with Gasteiger partial charge < -0.3 is 18.9 Å². The molecule has 1 N–H and O–H groups in total. The number of ether oxygens (including phenoxy) is 4. The van der Waals surface area contributed by atoms with Gasteiger partial charge in [0.2, 0.25) is 0 Å². The fourth-order valence-corrected chi connectivity index (χ4v) is 7.01. The summed E-state index contributed by atoms with van der Waals surface area (Å²) in [4.78, 5) is 51.4. The van der Waals surface area contributed by atoms with Gasteiger partial charge >= 0.3 is 17.6 Å². The molecule has 3 aromatic carbocycles. The molecule has 0 aliphatic carbocycles. The summed E-state index contributed by atoms with van der Waals surface area (Å²) < 4.78 is 25.1. The van der Waals surface area contributed by atoms with Crippen LogP contribution in [0.5, 0.6) is 5.75 Å². The van der Waals surface area contributed by atoms with Gasteiger partial charge in [-0.3, -0.25) is 23.9 Å². The third-order valence-corrected chi connectivity index (χ3v) is 8.86. The number of hydrogen-bond acceptors (Lipinski definition) is 9. The number of aromatic nitrogens is 2. The van der Waals surface area contributed by atoms with Crippen molar-refractivity contribution >= 4 is 23.7 Å². The van der Waals surface area contributed by atoms with Crippen molar-refractivity contribution in [3.8, 4) is 5.75 Å². The predicted octanol–water partition coefficient (Wildman–Crippen LogP) is 4.03. The normalized spacial score (nSPS) is 19.7. The lowest BCUT2D eigenvalue weighted by Crippen LogP contribution is -2.43. The van der Waals surface area contributed by atoms with Crippen LogP contribution in [-0.2, 0) is 29.4 Å². The highest BCUT2D eigenvalue weighted by molar-refractivity contribution is 8.00. The Morgan fingerprint density at radius 1 is 0.795 bits per heavy atom. The van der Waals surface area contributed by atoms with Crippen LogP contribution in [0.25, 0.3) is 0 Å². The summed E-state index contributed by atoms with van der Waals surface area (Å²) >= 11 is 1.26. The number of aromatic amines is 1. The first kappa shape index (κ1) is 30.8.